The van der Waals surface area contributed by atoms with E-state index in [2.05, 4.69) is 10.6 Å². The van der Waals surface area contributed by atoms with Crippen LogP contribution in [0.25, 0.3) is 0 Å². The highest BCUT2D eigenvalue weighted by Crippen LogP contribution is 2.32. The van der Waals surface area contributed by atoms with Gasteiger partial charge in [-0.05, 0) is 37.9 Å². The Labute approximate surface area is 180 Å². The first-order valence-corrected chi connectivity index (χ1v) is 10.3. The van der Waals surface area contributed by atoms with Gasteiger partial charge in [0.2, 0.25) is 0 Å². The molecule has 2 atom stereocenters. The predicted molar refractivity (Wildman–Crippen MR) is 111 cm³/mol. The number of methoxy groups -OCH3 is 1. The summed E-state index contributed by atoms with van der Waals surface area (Å²) < 4.78 is 10.2. The fourth-order valence-corrected chi connectivity index (χ4v) is 4.16. The van der Waals surface area contributed by atoms with Crippen molar-refractivity contribution in [3.8, 4) is 0 Å². The molecule has 3 rings (SSSR count). The zero-order valence-corrected chi connectivity index (χ0v) is 17.8. The minimum atomic E-state index is -0.736. The molecule has 2 aliphatic rings. The van der Waals surface area contributed by atoms with Crippen LogP contribution in [0.2, 0.25) is 5.02 Å². The number of benzene rings is 1. The number of hydrogen-bond acceptors (Lipinski definition) is 6. The molecule has 2 N–H and O–H groups in total. The number of urea groups is 1. The number of esters is 2. The number of piperidine rings is 1. The van der Waals surface area contributed by atoms with E-state index >= 15 is 0 Å². The zero-order valence-electron chi connectivity index (χ0n) is 17.1. The van der Waals surface area contributed by atoms with Gasteiger partial charge in [0, 0.05) is 23.8 Å². The van der Waals surface area contributed by atoms with Crippen molar-refractivity contribution in [1.82, 2.24) is 15.5 Å². The molecule has 1 aromatic rings. The quantitative estimate of drug-likeness (QED) is 0.666. The Hall–Kier alpha value is -2.58. The number of carbonyl (C=O) groups excluding carboxylic acids is 3. The number of rotatable bonds is 6. The lowest BCUT2D eigenvalue weighted by atomic mass is 9.94. The third-order valence-electron chi connectivity index (χ3n) is 5.28. The van der Waals surface area contributed by atoms with Crippen LogP contribution in [-0.4, -0.2) is 56.2 Å². The van der Waals surface area contributed by atoms with Crippen LogP contribution in [0.15, 0.2) is 35.5 Å². The van der Waals surface area contributed by atoms with Crippen molar-refractivity contribution in [1.29, 1.82) is 0 Å². The highest BCUT2D eigenvalue weighted by atomic mass is 35.5. The SMILES string of the molecule is CCOC(=O)C1CCCN(CC2=C(C(=O)OC)C(c3ccccc3Cl)NC(=O)N2)C1. The van der Waals surface area contributed by atoms with Gasteiger partial charge in [0.15, 0.2) is 0 Å². The van der Waals surface area contributed by atoms with Gasteiger partial charge in [-0.25, -0.2) is 9.59 Å². The average molecular weight is 436 g/mol. The molecular formula is C21H26ClN3O5. The summed E-state index contributed by atoms with van der Waals surface area (Å²) in [6.07, 6.45) is 1.58. The monoisotopic (exact) mass is 435 g/mol. The van der Waals surface area contributed by atoms with Gasteiger partial charge in [-0.3, -0.25) is 9.69 Å². The summed E-state index contributed by atoms with van der Waals surface area (Å²) in [5, 5.41) is 5.95. The first-order valence-electron chi connectivity index (χ1n) is 9.96. The highest BCUT2D eigenvalue weighted by Gasteiger charge is 2.36. The van der Waals surface area contributed by atoms with E-state index in [0.717, 1.165) is 19.4 Å². The van der Waals surface area contributed by atoms with Crippen molar-refractivity contribution >= 4 is 29.6 Å². The van der Waals surface area contributed by atoms with Crippen LogP contribution >= 0.6 is 11.6 Å². The molecule has 8 nitrogen and oxygen atoms in total. The Morgan fingerprint density at radius 3 is 2.77 bits per heavy atom. The first-order chi connectivity index (χ1) is 14.4. The Bertz CT molecular complexity index is 857. The van der Waals surface area contributed by atoms with Crippen molar-refractivity contribution < 1.29 is 23.9 Å². The minimum absolute atomic E-state index is 0.215. The lowest BCUT2D eigenvalue weighted by Gasteiger charge is -2.35. The Morgan fingerprint density at radius 1 is 1.30 bits per heavy atom. The number of nitrogens with one attached hydrogen (secondary N) is 2. The number of ether oxygens (including phenoxy) is 2. The molecule has 2 unspecified atom stereocenters. The standard InChI is InChI=1S/C21H26ClN3O5/c1-3-30-19(26)13-7-6-10-25(11-13)12-16-17(20(27)29-2)18(24-21(28)23-16)14-8-4-5-9-15(14)22/h4-5,8-9,13,18H,3,6-7,10-12H2,1-2H3,(H2,23,24,28). The van der Waals surface area contributed by atoms with E-state index in [1.54, 1.807) is 31.2 Å². The molecular weight excluding hydrogens is 410 g/mol. The lowest BCUT2D eigenvalue weighted by Crippen LogP contribution is -2.50. The molecule has 0 aromatic heterocycles. The van der Waals surface area contributed by atoms with Gasteiger partial charge in [-0.2, -0.15) is 0 Å². The van der Waals surface area contributed by atoms with E-state index in [0.29, 0.717) is 41.6 Å². The molecule has 2 aliphatic heterocycles. The lowest BCUT2D eigenvalue weighted by molar-refractivity contribution is -0.150. The molecule has 1 aromatic carbocycles. The van der Waals surface area contributed by atoms with Crippen LogP contribution < -0.4 is 10.6 Å². The number of halogens is 1. The average Bonchev–Trinajstić information content (AvgIpc) is 2.73. The minimum Gasteiger partial charge on any atom is -0.466 e. The molecule has 9 heteroatoms. The molecule has 0 bridgehead atoms. The molecule has 2 heterocycles. The van der Waals surface area contributed by atoms with E-state index in [1.165, 1.54) is 7.11 Å². The van der Waals surface area contributed by atoms with Gasteiger partial charge >= 0.3 is 18.0 Å². The van der Waals surface area contributed by atoms with Crippen molar-refractivity contribution in [3.05, 3.63) is 46.1 Å². The second-order valence-corrected chi connectivity index (χ2v) is 7.67. The van der Waals surface area contributed by atoms with Crippen LogP contribution in [0.3, 0.4) is 0 Å². The zero-order chi connectivity index (χ0) is 21.7. The smallest absolute Gasteiger partial charge is 0.338 e. The van der Waals surface area contributed by atoms with Gasteiger partial charge in [0.1, 0.15) is 0 Å². The molecule has 0 spiro atoms. The van der Waals surface area contributed by atoms with Crippen molar-refractivity contribution in [2.75, 3.05) is 33.4 Å². The largest absolute Gasteiger partial charge is 0.466 e. The Balaban J connectivity index is 1.90. The number of likely N-dealkylation sites (tertiary alicyclic amines) is 1. The topological polar surface area (TPSA) is 97.0 Å². The Morgan fingerprint density at radius 2 is 2.07 bits per heavy atom. The molecule has 0 aliphatic carbocycles. The first kappa shape index (κ1) is 22.1. The van der Waals surface area contributed by atoms with Crippen LogP contribution in [-0.2, 0) is 19.1 Å². The second-order valence-electron chi connectivity index (χ2n) is 7.26. The fourth-order valence-electron chi connectivity index (χ4n) is 3.91. The van der Waals surface area contributed by atoms with Crippen molar-refractivity contribution in [3.63, 3.8) is 0 Å². The third kappa shape index (κ3) is 4.94. The van der Waals surface area contributed by atoms with Crippen LogP contribution in [0.4, 0.5) is 4.79 Å². The molecule has 0 saturated carbocycles. The van der Waals surface area contributed by atoms with E-state index in [1.807, 2.05) is 4.90 Å². The van der Waals surface area contributed by atoms with Gasteiger partial charge in [-0.15, -0.1) is 0 Å². The summed E-state index contributed by atoms with van der Waals surface area (Å²) in [7, 11) is 1.30. The fraction of sp³-hybridized carbons (Fsp3) is 0.476. The second kappa shape index (κ2) is 9.95. The van der Waals surface area contributed by atoms with Crippen molar-refractivity contribution in [2.24, 2.45) is 5.92 Å². The third-order valence-corrected chi connectivity index (χ3v) is 5.63. The summed E-state index contributed by atoms with van der Waals surface area (Å²) in [4.78, 5) is 39.2. The van der Waals surface area contributed by atoms with Gasteiger partial charge < -0.3 is 20.1 Å². The summed E-state index contributed by atoms with van der Waals surface area (Å²) >= 11 is 6.33. The maximum atomic E-state index is 12.7. The van der Waals surface area contributed by atoms with E-state index in [4.69, 9.17) is 21.1 Å². The van der Waals surface area contributed by atoms with Gasteiger partial charge in [0.25, 0.3) is 0 Å². The predicted octanol–water partition coefficient (Wildman–Crippen LogP) is 2.40. The maximum Gasteiger partial charge on any atom is 0.338 e. The normalized spacial score (nSPS) is 22.2. The molecule has 1 saturated heterocycles. The summed E-state index contributed by atoms with van der Waals surface area (Å²) in [6, 6.07) is 5.87. The summed E-state index contributed by atoms with van der Waals surface area (Å²) in [6.45, 7) is 3.67. The molecule has 162 valence electrons. The maximum absolute atomic E-state index is 12.7. The van der Waals surface area contributed by atoms with Crippen LogP contribution in [0.1, 0.15) is 31.4 Å². The van der Waals surface area contributed by atoms with Gasteiger partial charge in [0.05, 0.1) is 31.2 Å². The van der Waals surface area contributed by atoms with E-state index in [9.17, 15) is 14.4 Å². The number of nitrogens with zero attached hydrogens (tertiary/aromatic N) is 1. The van der Waals surface area contributed by atoms with Crippen LogP contribution in [0.5, 0.6) is 0 Å². The van der Waals surface area contributed by atoms with E-state index < -0.39 is 18.0 Å². The summed E-state index contributed by atoms with van der Waals surface area (Å²) in [5.41, 5.74) is 1.35. The Kier molecular flexibility index (Phi) is 7.33. The summed E-state index contributed by atoms with van der Waals surface area (Å²) in [5.74, 6) is -0.994. The number of carbonyl (C=O) groups is 3. The molecule has 1 fully saturated rings. The molecule has 30 heavy (non-hydrogen) atoms. The number of amides is 2. The van der Waals surface area contributed by atoms with E-state index in [-0.39, 0.29) is 11.9 Å². The highest BCUT2D eigenvalue weighted by molar-refractivity contribution is 6.31. The van der Waals surface area contributed by atoms with Gasteiger partial charge in [-0.1, -0.05) is 29.8 Å². The molecule has 0 radical (unpaired) electrons. The number of hydrogen-bond donors (Lipinski definition) is 2. The van der Waals surface area contributed by atoms with Crippen LogP contribution in [0, 0.1) is 5.92 Å². The molecule has 2 amide bonds. The van der Waals surface area contributed by atoms with Crippen molar-refractivity contribution in [2.45, 2.75) is 25.8 Å².